The molecule has 0 aliphatic carbocycles. The van der Waals surface area contributed by atoms with Crippen LogP contribution in [0.2, 0.25) is 0 Å². The van der Waals surface area contributed by atoms with E-state index < -0.39 is 0 Å². The van der Waals surface area contributed by atoms with Crippen LogP contribution in [0.3, 0.4) is 0 Å². The van der Waals surface area contributed by atoms with Crippen molar-refractivity contribution in [3.05, 3.63) is 34.3 Å². The molecule has 0 saturated carbocycles. The summed E-state index contributed by atoms with van der Waals surface area (Å²) in [5.41, 5.74) is 6.62. The van der Waals surface area contributed by atoms with Gasteiger partial charge in [0.05, 0.1) is 10.9 Å². The second kappa shape index (κ2) is 7.48. The Kier molecular flexibility index (Phi) is 6.29. The lowest BCUT2D eigenvalue weighted by Crippen LogP contribution is -2.37. The first kappa shape index (κ1) is 15.1. The molecular weight excluding hydrogens is 312 g/mol. The molecule has 1 aromatic rings. The highest BCUT2D eigenvalue weighted by molar-refractivity contribution is 9.10. The minimum atomic E-state index is -0.361. The normalized spacial score (nSPS) is 11.9. The Morgan fingerprint density at radius 1 is 1.44 bits per heavy atom. The van der Waals surface area contributed by atoms with E-state index in [0.717, 1.165) is 16.5 Å². The quantitative estimate of drug-likeness (QED) is 0.789. The van der Waals surface area contributed by atoms with Crippen LogP contribution in [-0.4, -0.2) is 10.9 Å². The van der Waals surface area contributed by atoms with Crippen molar-refractivity contribution in [3.8, 4) is 0 Å². The number of rotatable bonds is 6. The number of carbonyl (C=O) groups excluding carboxylic acids is 1. The number of hydrogen-bond acceptors (Lipinski definition) is 2. The monoisotopic (exact) mass is 328 g/mol. The Morgan fingerprint density at radius 2 is 2.06 bits per heavy atom. The van der Waals surface area contributed by atoms with Gasteiger partial charge in [0.2, 0.25) is 5.91 Å². The van der Waals surface area contributed by atoms with Crippen LogP contribution in [0.15, 0.2) is 28.7 Å². The molecule has 0 aliphatic rings. The van der Waals surface area contributed by atoms with Gasteiger partial charge in [0, 0.05) is 11.0 Å². The molecule has 5 heteroatoms. The molecule has 1 amide bonds. The predicted molar refractivity (Wildman–Crippen MR) is 81.2 cm³/mol. The average molecular weight is 329 g/mol. The lowest BCUT2D eigenvalue weighted by molar-refractivity contribution is -0.123. The molecule has 0 aliphatic heterocycles. The lowest BCUT2D eigenvalue weighted by atomic mass is 10.0. The van der Waals surface area contributed by atoms with Crippen molar-refractivity contribution >= 4 is 39.0 Å². The van der Waals surface area contributed by atoms with Gasteiger partial charge in [-0.25, -0.2) is 0 Å². The highest BCUT2D eigenvalue weighted by atomic mass is 79.9. The molecule has 0 heterocycles. The Labute approximate surface area is 121 Å². The first-order chi connectivity index (χ1) is 8.54. The molecule has 0 aromatic heterocycles. The minimum absolute atomic E-state index is 0.0905. The van der Waals surface area contributed by atoms with E-state index in [1.54, 1.807) is 0 Å². The summed E-state index contributed by atoms with van der Waals surface area (Å²) in [6.07, 6.45) is 1.58. The molecule has 1 aromatic carbocycles. The second-order valence-corrected chi connectivity index (χ2v) is 5.47. The fourth-order valence-corrected chi connectivity index (χ4v) is 2.10. The molecule has 98 valence electrons. The maximum absolute atomic E-state index is 11.9. The van der Waals surface area contributed by atoms with Crippen LogP contribution in [0, 0.1) is 5.92 Å². The molecule has 0 spiro atoms. The van der Waals surface area contributed by atoms with Crippen LogP contribution < -0.4 is 11.1 Å². The zero-order valence-corrected chi connectivity index (χ0v) is 12.7. The van der Waals surface area contributed by atoms with Crippen molar-refractivity contribution < 1.29 is 4.79 Å². The highest BCUT2D eigenvalue weighted by Gasteiger charge is 2.19. The van der Waals surface area contributed by atoms with E-state index >= 15 is 0 Å². The van der Waals surface area contributed by atoms with E-state index in [0.29, 0.717) is 13.0 Å². The van der Waals surface area contributed by atoms with Gasteiger partial charge in [-0.3, -0.25) is 4.79 Å². The van der Waals surface area contributed by atoms with Crippen LogP contribution in [0.4, 0.5) is 0 Å². The van der Waals surface area contributed by atoms with Gasteiger partial charge in [0.15, 0.2) is 0 Å². The molecule has 3 nitrogen and oxygen atoms in total. The number of benzene rings is 1. The fourth-order valence-electron chi connectivity index (χ4n) is 1.61. The maximum Gasteiger partial charge on any atom is 0.230 e. The molecule has 1 atom stereocenters. The lowest BCUT2D eigenvalue weighted by Gasteiger charge is -2.14. The number of hydrogen-bond donors (Lipinski definition) is 2. The summed E-state index contributed by atoms with van der Waals surface area (Å²) in [5.74, 6) is -0.451. The molecule has 3 N–H and O–H groups in total. The molecular formula is C13H17BrN2OS. The van der Waals surface area contributed by atoms with Crippen molar-refractivity contribution in [2.24, 2.45) is 11.7 Å². The zero-order valence-electron chi connectivity index (χ0n) is 10.3. The third-order valence-corrected chi connectivity index (χ3v) is 3.43. The standard InChI is InChI=1S/C13H17BrN2OS/c1-2-3-11(12(15)18)13(17)16-8-9-4-6-10(14)7-5-9/h4-7,11H,2-3,8H2,1H3,(H2,15,18)(H,16,17). The van der Waals surface area contributed by atoms with E-state index in [1.807, 2.05) is 31.2 Å². The van der Waals surface area contributed by atoms with Gasteiger partial charge >= 0.3 is 0 Å². The first-order valence-electron chi connectivity index (χ1n) is 5.86. The first-order valence-corrected chi connectivity index (χ1v) is 7.06. The SMILES string of the molecule is CCCC(C(=O)NCc1ccc(Br)cc1)C(N)=S. The van der Waals surface area contributed by atoms with Crippen molar-refractivity contribution in [1.29, 1.82) is 0 Å². The molecule has 1 unspecified atom stereocenters. The van der Waals surface area contributed by atoms with Crippen molar-refractivity contribution in [2.75, 3.05) is 0 Å². The van der Waals surface area contributed by atoms with Crippen molar-refractivity contribution in [1.82, 2.24) is 5.32 Å². The number of amides is 1. The summed E-state index contributed by atoms with van der Waals surface area (Å²) < 4.78 is 1.02. The van der Waals surface area contributed by atoms with Crippen LogP contribution in [0.5, 0.6) is 0 Å². The molecule has 18 heavy (non-hydrogen) atoms. The van der Waals surface area contributed by atoms with Crippen LogP contribution in [0.25, 0.3) is 0 Å². The van der Waals surface area contributed by atoms with Gasteiger partial charge in [-0.2, -0.15) is 0 Å². The smallest absolute Gasteiger partial charge is 0.230 e. The molecule has 1 rings (SSSR count). The van der Waals surface area contributed by atoms with E-state index in [1.165, 1.54) is 0 Å². The molecule has 0 fully saturated rings. The fraction of sp³-hybridized carbons (Fsp3) is 0.385. The number of carbonyl (C=O) groups is 1. The summed E-state index contributed by atoms with van der Waals surface area (Å²) in [6, 6.07) is 7.80. The third kappa shape index (κ3) is 4.74. The summed E-state index contributed by atoms with van der Waals surface area (Å²) in [6.45, 7) is 2.50. The Morgan fingerprint density at radius 3 is 2.56 bits per heavy atom. The van der Waals surface area contributed by atoms with Crippen molar-refractivity contribution in [2.45, 2.75) is 26.3 Å². The molecule has 0 bridgehead atoms. The van der Waals surface area contributed by atoms with Crippen molar-refractivity contribution in [3.63, 3.8) is 0 Å². The third-order valence-electron chi connectivity index (χ3n) is 2.62. The Balaban J connectivity index is 2.53. The minimum Gasteiger partial charge on any atom is -0.393 e. The summed E-state index contributed by atoms with van der Waals surface area (Å²) in [5, 5.41) is 2.86. The van der Waals surface area contributed by atoms with E-state index in [9.17, 15) is 4.79 Å². The largest absolute Gasteiger partial charge is 0.393 e. The van der Waals surface area contributed by atoms with Gasteiger partial charge in [-0.05, 0) is 24.1 Å². The number of nitrogens with one attached hydrogen (secondary N) is 1. The van der Waals surface area contributed by atoms with Gasteiger partial charge in [-0.15, -0.1) is 0 Å². The van der Waals surface area contributed by atoms with Gasteiger partial charge in [0.1, 0.15) is 0 Å². The highest BCUT2D eigenvalue weighted by Crippen LogP contribution is 2.11. The van der Waals surface area contributed by atoms with Crippen LogP contribution in [0.1, 0.15) is 25.3 Å². The van der Waals surface area contributed by atoms with E-state index in [2.05, 4.69) is 21.2 Å². The maximum atomic E-state index is 11.9. The van der Waals surface area contributed by atoms with E-state index in [4.69, 9.17) is 18.0 Å². The second-order valence-electron chi connectivity index (χ2n) is 4.09. The van der Waals surface area contributed by atoms with Gasteiger partial charge in [0.25, 0.3) is 0 Å². The molecule has 0 saturated heterocycles. The molecule has 0 radical (unpaired) electrons. The summed E-state index contributed by atoms with van der Waals surface area (Å²) in [4.78, 5) is 12.2. The Bertz CT molecular complexity index is 420. The van der Waals surface area contributed by atoms with Crippen LogP contribution in [-0.2, 0) is 11.3 Å². The van der Waals surface area contributed by atoms with Gasteiger partial charge in [-0.1, -0.05) is 53.6 Å². The van der Waals surface area contributed by atoms with Gasteiger partial charge < -0.3 is 11.1 Å². The number of thiocarbonyl (C=S) groups is 1. The summed E-state index contributed by atoms with van der Waals surface area (Å²) in [7, 11) is 0. The average Bonchev–Trinajstić information content (AvgIpc) is 2.34. The predicted octanol–water partition coefficient (Wildman–Crippen LogP) is 2.77. The number of halogens is 1. The summed E-state index contributed by atoms with van der Waals surface area (Å²) >= 11 is 8.28. The van der Waals surface area contributed by atoms with E-state index in [-0.39, 0.29) is 16.8 Å². The zero-order chi connectivity index (χ0) is 13.5. The number of nitrogens with two attached hydrogens (primary N) is 1. The topological polar surface area (TPSA) is 55.1 Å². The van der Waals surface area contributed by atoms with Crippen LogP contribution >= 0.6 is 28.1 Å². The Hall–Kier alpha value is -0.940.